The molecule has 0 aliphatic carbocycles. The fraction of sp³-hybridized carbons (Fsp3) is 0.278. The molecule has 8 heteroatoms. The van der Waals surface area contributed by atoms with Gasteiger partial charge in [-0.1, -0.05) is 90.5 Å². The normalized spacial score (nSPS) is 12.3. The molecule has 0 aromatic heterocycles. The van der Waals surface area contributed by atoms with Gasteiger partial charge in [-0.3, -0.25) is 13.9 Å². The van der Waals surface area contributed by atoms with E-state index in [4.69, 9.17) is 0 Å². The van der Waals surface area contributed by atoms with Gasteiger partial charge in [0.05, 0.1) is 10.6 Å². The van der Waals surface area contributed by atoms with Crippen molar-refractivity contribution in [1.82, 2.24) is 10.2 Å². The predicted octanol–water partition coefficient (Wildman–Crippen LogP) is 6.05. The second kappa shape index (κ2) is 13.9. The molecule has 0 spiro atoms. The van der Waals surface area contributed by atoms with Crippen LogP contribution in [0.4, 0.5) is 5.69 Å². The van der Waals surface area contributed by atoms with Crippen molar-refractivity contribution in [2.75, 3.05) is 10.8 Å². The molecule has 0 saturated carbocycles. The lowest BCUT2D eigenvalue weighted by Gasteiger charge is -2.35. The summed E-state index contributed by atoms with van der Waals surface area (Å²) >= 11 is 0. The van der Waals surface area contributed by atoms with Crippen LogP contribution in [0, 0.1) is 13.8 Å². The zero-order valence-electron chi connectivity index (χ0n) is 26.0. The summed E-state index contributed by atoms with van der Waals surface area (Å²) in [5, 5.41) is 3.06. The Bertz CT molecular complexity index is 1670. The van der Waals surface area contributed by atoms with E-state index in [1.54, 1.807) is 30.3 Å². The zero-order valence-corrected chi connectivity index (χ0v) is 26.8. The summed E-state index contributed by atoms with van der Waals surface area (Å²) in [7, 11) is -4.12. The molecule has 0 bridgehead atoms. The summed E-state index contributed by atoms with van der Waals surface area (Å²) in [6.45, 7) is 9.19. The van der Waals surface area contributed by atoms with Crippen LogP contribution in [0.15, 0.2) is 114 Å². The number of benzene rings is 4. The molecule has 4 aromatic rings. The molecule has 4 aromatic carbocycles. The van der Waals surface area contributed by atoms with Gasteiger partial charge in [0.1, 0.15) is 12.6 Å². The van der Waals surface area contributed by atoms with E-state index in [2.05, 4.69) is 5.32 Å². The van der Waals surface area contributed by atoms with Crippen LogP contribution in [0.2, 0.25) is 0 Å². The van der Waals surface area contributed by atoms with Gasteiger partial charge >= 0.3 is 0 Å². The molecule has 1 atom stereocenters. The Labute approximate surface area is 261 Å². The van der Waals surface area contributed by atoms with Crippen molar-refractivity contribution in [2.45, 2.75) is 64.1 Å². The van der Waals surface area contributed by atoms with E-state index in [-0.39, 0.29) is 23.8 Å². The average Bonchev–Trinajstić information content (AvgIpc) is 2.99. The first-order valence-electron chi connectivity index (χ1n) is 14.7. The number of nitrogens with one attached hydrogen (secondary N) is 1. The van der Waals surface area contributed by atoms with E-state index < -0.39 is 34.1 Å². The molecule has 2 amide bonds. The highest BCUT2D eigenvalue weighted by Gasteiger charge is 2.35. The minimum atomic E-state index is -4.12. The number of amides is 2. The lowest BCUT2D eigenvalue weighted by atomic mass is 10.00. The molecule has 0 aliphatic heterocycles. The quantitative estimate of drug-likeness (QED) is 0.224. The molecule has 4 rings (SSSR count). The number of nitrogens with zero attached hydrogens (tertiary/aromatic N) is 2. The van der Waals surface area contributed by atoms with E-state index in [1.807, 2.05) is 101 Å². The van der Waals surface area contributed by atoms with Crippen LogP contribution >= 0.6 is 0 Å². The van der Waals surface area contributed by atoms with Crippen LogP contribution in [-0.4, -0.2) is 43.3 Å². The van der Waals surface area contributed by atoms with E-state index >= 15 is 0 Å². The Kier molecular flexibility index (Phi) is 10.3. The lowest BCUT2D eigenvalue weighted by Crippen LogP contribution is -2.56. The van der Waals surface area contributed by atoms with Crippen molar-refractivity contribution < 1.29 is 18.0 Å². The molecular weight excluding hydrogens is 570 g/mol. The van der Waals surface area contributed by atoms with Gasteiger partial charge in [0.2, 0.25) is 11.8 Å². The van der Waals surface area contributed by atoms with Gasteiger partial charge in [-0.05, 0) is 75.6 Å². The Balaban J connectivity index is 1.82. The number of carbonyl (C=O) groups is 2. The highest BCUT2D eigenvalue weighted by Crippen LogP contribution is 2.26. The predicted molar refractivity (Wildman–Crippen MR) is 176 cm³/mol. The van der Waals surface area contributed by atoms with Gasteiger partial charge in [-0.2, -0.15) is 0 Å². The number of rotatable bonds is 11. The number of carbonyl (C=O) groups excluding carboxylic acids is 2. The molecule has 0 heterocycles. The summed E-state index contributed by atoms with van der Waals surface area (Å²) in [6.07, 6.45) is 0.260. The highest BCUT2D eigenvalue weighted by atomic mass is 32.2. The minimum absolute atomic E-state index is 0.0742. The van der Waals surface area contributed by atoms with Gasteiger partial charge in [-0.15, -0.1) is 0 Å². The molecule has 1 unspecified atom stereocenters. The van der Waals surface area contributed by atoms with Crippen LogP contribution in [0.1, 0.15) is 43.0 Å². The topological polar surface area (TPSA) is 86.8 Å². The number of aryl methyl sites for hydroxylation is 2. The van der Waals surface area contributed by atoms with Gasteiger partial charge < -0.3 is 10.2 Å². The number of anilines is 1. The van der Waals surface area contributed by atoms with Crippen LogP contribution in [0.3, 0.4) is 0 Å². The van der Waals surface area contributed by atoms with Crippen LogP contribution in [0.25, 0.3) is 0 Å². The molecule has 0 radical (unpaired) electrons. The Morgan fingerprint density at radius 1 is 0.773 bits per heavy atom. The van der Waals surface area contributed by atoms with Gasteiger partial charge in [0.25, 0.3) is 10.0 Å². The fourth-order valence-corrected chi connectivity index (χ4v) is 6.37. The molecule has 0 fully saturated rings. The van der Waals surface area contributed by atoms with Crippen LogP contribution in [0.5, 0.6) is 0 Å². The Morgan fingerprint density at radius 2 is 1.34 bits per heavy atom. The van der Waals surface area contributed by atoms with Crippen molar-refractivity contribution in [2.24, 2.45) is 0 Å². The minimum Gasteiger partial charge on any atom is -0.350 e. The average molecular weight is 612 g/mol. The number of sulfonamides is 1. The first kappa shape index (κ1) is 32.5. The maximum atomic E-state index is 14.5. The third kappa shape index (κ3) is 8.35. The molecule has 44 heavy (non-hydrogen) atoms. The SMILES string of the molecule is Cc1ccc(N(CC(=O)N(Cc2ccccc2C)C(Cc2ccccc2)C(=O)NC(C)(C)C)S(=O)(=O)c2ccccc2)cc1. The summed E-state index contributed by atoms with van der Waals surface area (Å²) < 4.78 is 29.2. The summed E-state index contributed by atoms with van der Waals surface area (Å²) in [4.78, 5) is 30.1. The van der Waals surface area contributed by atoms with Crippen molar-refractivity contribution in [3.8, 4) is 0 Å². The lowest BCUT2D eigenvalue weighted by molar-refractivity contribution is -0.140. The first-order valence-corrected chi connectivity index (χ1v) is 16.1. The smallest absolute Gasteiger partial charge is 0.264 e. The fourth-order valence-electron chi connectivity index (χ4n) is 4.94. The van der Waals surface area contributed by atoms with Gasteiger partial charge in [0, 0.05) is 18.5 Å². The van der Waals surface area contributed by atoms with Crippen LogP contribution < -0.4 is 9.62 Å². The standard InChI is InChI=1S/C36H41N3O4S/c1-27-20-22-31(23-21-27)39(44(42,43)32-18-10-7-11-19-32)26-34(40)38(25-30-17-13-12-14-28(30)2)33(35(41)37-36(3,4)5)24-29-15-8-6-9-16-29/h6-23,33H,24-26H2,1-5H3,(H,37,41). The molecule has 0 saturated heterocycles. The molecule has 7 nitrogen and oxygen atoms in total. The van der Waals surface area contributed by atoms with Crippen molar-refractivity contribution in [1.29, 1.82) is 0 Å². The van der Waals surface area contributed by atoms with E-state index in [0.29, 0.717) is 5.69 Å². The summed E-state index contributed by atoms with van der Waals surface area (Å²) in [5.41, 5.74) is 3.50. The van der Waals surface area contributed by atoms with Gasteiger partial charge in [0.15, 0.2) is 0 Å². The molecular formula is C36H41N3O4S. The molecule has 1 N–H and O–H groups in total. The van der Waals surface area contributed by atoms with E-state index in [0.717, 1.165) is 26.6 Å². The summed E-state index contributed by atoms with van der Waals surface area (Å²) in [6, 6.07) is 31.4. The van der Waals surface area contributed by atoms with E-state index in [1.165, 1.54) is 17.0 Å². The second-order valence-electron chi connectivity index (χ2n) is 12.1. The summed E-state index contributed by atoms with van der Waals surface area (Å²) in [5.74, 6) is -0.797. The number of hydrogen-bond donors (Lipinski definition) is 1. The second-order valence-corrected chi connectivity index (χ2v) is 13.9. The van der Waals surface area contributed by atoms with Crippen LogP contribution in [-0.2, 0) is 32.6 Å². The van der Waals surface area contributed by atoms with Crippen molar-refractivity contribution >= 4 is 27.5 Å². The maximum Gasteiger partial charge on any atom is 0.264 e. The number of hydrogen-bond acceptors (Lipinski definition) is 4. The first-order chi connectivity index (χ1) is 20.8. The highest BCUT2D eigenvalue weighted by molar-refractivity contribution is 7.92. The van der Waals surface area contributed by atoms with E-state index in [9.17, 15) is 18.0 Å². The third-order valence-electron chi connectivity index (χ3n) is 7.30. The molecule has 0 aliphatic rings. The monoisotopic (exact) mass is 611 g/mol. The largest absolute Gasteiger partial charge is 0.350 e. The van der Waals surface area contributed by atoms with Crippen molar-refractivity contribution in [3.63, 3.8) is 0 Å². The maximum absolute atomic E-state index is 14.5. The van der Waals surface area contributed by atoms with Crippen molar-refractivity contribution in [3.05, 3.63) is 131 Å². The third-order valence-corrected chi connectivity index (χ3v) is 9.09. The Hall–Kier alpha value is -4.43. The zero-order chi connectivity index (χ0) is 31.9. The van der Waals surface area contributed by atoms with Gasteiger partial charge in [-0.25, -0.2) is 8.42 Å². The molecule has 230 valence electrons. The Morgan fingerprint density at radius 3 is 1.93 bits per heavy atom.